The van der Waals surface area contributed by atoms with E-state index >= 15 is 0 Å². The molecule has 0 aliphatic carbocycles. The molecule has 9 heteroatoms. The first-order valence-corrected chi connectivity index (χ1v) is 11.8. The Labute approximate surface area is 188 Å². The minimum atomic E-state index is -3.69. The van der Waals surface area contributed by atoms with Gasteiger partial charge in [0.05, 0.1) is 12.0 Å². The summed E-state index contributed by atoms with van der Waals surface area (Å²) in [6.45, 7) is 3.89. The fourth-order valence-corrected chi connectivity index (χ4v) is 5.17. The second kappa shape index (κ2) is 9.22. The maximum absolute atomic E-state index is 13.1. The molecule has 2 heterocycles. The Kier molecular flexibility index (Phi) is 6.38. The first kappa shape index (κ1) is 22.2. The summed E-state index contributed by atoms with van der Waals surface area (Å²) in [6, 6.07) is 10.4. The Morgan fingerprint density at radius 3 is 2.44 bits per heavy atom. The molecule has 2 aromatic carbocycles. The second-order valence-corrected chi connectivity index (χ2v) is 9.55. The summed E-state index contributed by atoms with van der Waals surface area (Å²) in [4.78, 5) is 14.5. The largest absolute Gasteiger partial charge is 0.496 e. The monoisotopic (exact) mass is 458 g/mol. The van der Waals surface area contributed by atoms with Gasteiger partial charge >= 0.3 is 0 Å². The molecule has 0 radical (unpaired) electrons. The van der Waals surface area contributed by atoms with Crippen molar-refractivity contribution in [3.8, 4) is 17.2 Å². The van der Waals surface area contributed by atoms with Gasteiger partial charge in [-0.05, 0) is 37.3 Å². The molecule has 2 aromatic rings. The summed E-state index contributed by atoms with van der Waals surface area (Å²) in [6.07, 6.45) is 3.23. The van der Waals surface area contributed by atoms with Crippen molar-refractivity contribution in [2.24, 2.45) is 0 Å². The van der Waals surface area contributed by atoms with Gasteiger partial charge in [0.25, 0.3) is 0 Å². The molecule has 0 aromatic heterocycles. The minimum Gasteiger partial charge on any atom is -0.496 e. The summed E-state index contributed by atoms with van der Waals surface area (Å²) < 4.78 is 43.8. The van der Waals surface area contributed by atoms with Gasteiger partial charge in [-0.15, -0.1) is 0 Å². The van der Waals surface area contributed by atoms with Gasteiger partial charge in [0.2, 0.25) is 15.9 Å². The zero-order valence-corrected chi connectivity index (χ0v) is 18.9. The van der Waals surface area contributed by atoms with Gasteiger partial charge in [-0.3, -0.25) is 4.79 Å². The first-order chi connectivity index (χ1) is 15.4. The Bertz CT molecular complexity index is 1140. The van der Waals surface area contributed by atoms with E-state index in [1.165, 1.54) is 22.5 Å². The topological polar surface area (TPSA) is 85.4 Å². The Hall–Kier alpha value is -3.04. The summed E-state index contributed by atoms with van der Waals surface area (Å²) in [5.41, 5.74) is 1.89. The number of aryl methyl sites for hydroxylation is 1. The zero-order valence-electron chi connectivity index (χ0n) is 18.1. The molecule has 0 unspecified atom stereocenters. The lowest BCUT2D eigenvalue weighted by molar-refractivity contribution is -0.127. The van der Waals surface area contributed by atoms with Crippen LogP contribution in [0.5, 0.6) is 17.2 Å². The fourth-order valence-electron chi connectivity index (χ4n) is 3.73. The third-order valence-electron chi connectivity index (χ3n) is 5.49. The highest BCUT2D eigenvalue weighted by Crippen LogP contribution is 2.33. The summed E-state index contributed by atoms with van der Waals surface area (Å²) in [5.74, 6) is 1.51. The lowest BCUT2D eigenvalue weighted by Crippen LogP contribution is -2.50. The van der Waals surface area contributed by atoms with Crippen LogP contribution >= 0.6 is 0 Å². The molecule has 2 aliphatic rings. The number of carbonyl (C=O) groups excluding carboxylic acids is 1. The molecule has 2 aliphatic heterocycles. The van der Waals surface area contributed by atoms with E-state index in [0.29, 0.717) is 43.6 Å². The number of sulfonamides is 1. The van der Waals surface area contributed by atoms with E-state index < -0.39 is 10.0 Å². The van der Waals surface area contributed by atoms with Crippen LogP contribution in [0.2, 0.25) is 0 Å². The number of carbonyl (C=O) groups is 1. The minimum absolute atomic E-state index is 0.160. The lowest BCUT2D eigenvalue weighted by Gasteiger charge is -2.33. The SMILES string of the molecule is COc1ccc(C)cc1C=CC(=O)N1CCN(S(=O)(=O)c2ccc3c(c2)OCCO3)CC1. The second-order valence-electron chi connectivity index (χ2n) is 7.61. The van der Waals surface area contributed by atoms with Crippen molar-refractivity contribution in [3.63, 3.8) is 0 Å². The van der Waals surface area contributed by atoms with Crippen LogP contribution in [-0.4, -0.2) is 70.0 Å². The van der Waals surface area contributed by atoms with Crippen molar-refractivity contribution >= 4 is 22.0 Å². The van der Waals surface area contributed by atoms with Crippen molar-refractivity contribution in [1.82, 2.24) is 9.21 Å². The number of ether oxygens (including phenoxy) is 3. The lowest BCUT2D eigenvalue weighted by atomic mass is 10.1. The van der Waals surface area contributed by atoms with E-state index in [1.807, 2.05) is 25.1 Å². The number of nitrogens with zero attached hydrogens (tertiary/aromatic N) is 2. The number of amides is 1. The molecular weight excluding hydrogens is 432 g/mol. The van der Waals surface area contributed by atoms with Gasteiger partial charge in [0.15, 0.2) is 11.5 Å². The molecule has 0 saturated carbocycles. The van der Waals surface area contributed by atoms with E-state index in [-0.39, 0.29) is 23.9 Å². The molecular formula is C23H26N2O6S. The van der Waals surface area contributed by atoms with Crippen LogP contribution in [0.3, 0.4) is 0 Å². The summed E-state index contributed by atoms with van der Waals surface area (Å²) in [5, 5.41) is 0. The van der Waals surface area contributed by atoms with Crippen molar-refractivity contribution < 1.29 is 27.4 Å². The molecule has 8 nitrogen and oxygen atoms in total. The number of fused-ring (bicyclic) bond motifs is 1. The maximum atomic E-state index is 13.1. The Balaban J connectivity index is 1.40. The molecule has 1 saturated heterocycles. The summed E-state index contributed by atoms with van der Waals surface area (Å²) in [7, 11) is -2.10. The number of rotatable bonds is 5. The number of hydrogen-bond acceptors (Lipinski definition) is 6. The van der Waals surface area contributed by atoms with Crippen molar-refractivity contribution in [3.05, 3.63) is 53.6 Å². The van der Waals surface area contributed by atoms with E-state index in [0.717, 1.165) is 11.1 Å². The van der Waals surface area contributed by atoms with Gasteiger partial charge in [-0.25, -0.2) is 8.42 Å². The average Bonchev–Trinajstić information content (AvgIpc) is 2.82. The molecule has 0 bridgehead atoms. The van der Waals surface area contributed by atoms with E-state index in [4.69, 9.17) is 14.2 Å². The van der Waals surface area contributed by atoms with E-state index in [2.05, 4.69) is 0 Å². The third kappa shape index (κ3) is 4.58. The highest BCUT2D eigenvalue weighted by molar-refractivity contribution is 7.89. The molecule has 0 spiro atoms. The molecule has 4 rings (SSSR count). The van der Waals surface area contributed by atoms with Crippen LogP contribution in [0.4, 0.5) is 0 Å². The standard InChI is InChI=1S/C23H26N2O6S/c1-17-3-6-20(29-2)18(15-17)4-8-23(26)24-9-11-25(12-10-24)32(27,28)19-5-7-21-22(16-19)31-14-13-30-21/h3-8,15-16H,9-14H2,1-2H3. The number of hydrogen-bond donors (Lipinski definition) is 0. The van der Waals surface area contributed by atoms with Gasteiger partial charge in [0.1, 0.15) is 19.0 Å². The van der Waals surface area contributed by atoms with Crippen molar-refractivity contribution in [2.45, 2.75) is 11.8 Å². The Morgan fingerprint density at radius 2 is 1.72 bits per heavy atom. The van der Waals surface area contributed by atoms with Crippen LogP contribution in [-0.2, 0) is 14.8 Å². The summed E-state index contributed by atoms with van der Waals surface area (Å²) >= 11 is 0. The van der Waals surface area contributed by atoms with Gasteiger partial charge in [0, 0.05) is 43.9 Å². The molecule has 1 amide bonds. The maximum Gasteiger partial charge on any atom is 0.246 e. The molecule has 170 valence electrons. The molecule has 0 atom stereocenters. The van der Waals surface area contributed by atoms with Crippen molar-refractivity contribution in [1.29, 1.82) is 0 Å². The van der Waals surface area contributed by atoms with E-state index in [9.17, 15) is 13.2 Å². The van der Waals surface area contributed by atoms with Gasteiger partial charge < -0.3 is 19.1 Å². The quantitative estimate of drug-likeness (QED) is 0.640. The fraction of sp³-hybridized carbons (Fsp3) is 0.348. The molecule has 1 fully saturated rings. The average molecular weight is 459 g/mol. The Morgan fingerprint density at radius 1 is 1.00 bits per heavy atom. The highest BCUT2D eigenvalue weighted by atomic mass is 32.2. The van der Waals surface area contributed by atoms with Crippen LogP contribution in [0, 0.1) is 6.92 Å². The van der Waals surface area contributed by atoms with Crippen molar-refractivity contribution in [2.75, 3.05) is 46.5 Å². The normalized spacial score (nSPS) is 16.9. The predicted molar refractivity (Wildman–Crippen MR) is 120 cm³/mol. The number of methoxy groups -OCH3 is 1. The van der Waals surface area contributed by atoms with Gasteiger partial charge in [-0.2, -0.15) is 4.31 Å². The highest BCUT2D eigenvalue weighted by Gasteiger charge is 2.30. The number of benzene rings is 2. The van der Waals surface area contributed by atoms with E-state index in [1.54, 1.807) is 24.2 Å². The number of piperazine rings is 1. The van der Waals surface area contributed by atoms with Crippen LogP contribution in [0.15, 0.2) is 47.4 Å². The first-order valence-electron chi connectivity index (χ1n) is 10.4. The predicted octanol–water partition coefficient (Wildman–Crippen LogP) is 2.32. The molecule has 32 heavy (non-hydrogen) atoms. The third-order valence-corrected chi connectivity index (χ3v) is 7.39. The molecule has 0 N–H and O–H groups in total. The van der Waals surface area contributed by atoms with Gasteiger partial charge in [-0.1, -0.05) is 11.6 Å². The van der Waals surface area contributed by atoms with Crippen LogP contribution < -0.4 is 14.2 Å². The smallest absolute Gasteiger partial charge is 0.246 e. The zero-order chi connectivity index (χ0) is 22.7. The van der Waals surface area contributed by atoms with Crippen LogP contribution in [0.25, 0.3) is 6.08 Å². The van der Waals surface area contributed by atoms with Crippen LogP contribution in [0.1, 0.15) is 11.1 Å².